The highest BCUT2D eigenvalue weighted by Gasteiger charge is 2.32. The van der Waals surface area contributed by atoms with E-state index in [4.69, 9.17) is 11.6 Å². The molecule has 1 unspecified atom stereocenters. The lowest BCUT2D eigenvalue weighted by Crippen LogP contribution is -2.23. The molecule has 1 aliphatic rings. The van der Waals surface area contributed by atoms with Gasteiger partial charge in [-0.15, -0.1) is 0 Å². The topological polar surface area (TPSA) is 38.4 Å². The fraction of sp³-hybridized carbons (Fsp3) is 0.0345. The van der Waals surface area contributed by atoms with Gasteiger partial charge in [0.05, 0.1) is 5.71 Å². The zero-order valence-electron chi connectivity index (χ0n) is 17.8. The molecule has 0 bridgehead atoms. The molecule has 1 aliphatic heterocycles. The monoisotopic (exact) mass is 448 g/mol. The highest BCUT2D eigenvalue weighted by Crippen LogP contribution is 2.29. The van der Waals surface area contributed by atoms with Gasteiger partial charge in [-0.1, -0.05) is 103 Å². The number of halogens is 1. The number of rotatable bonds is 6. The molecule has 4 heteroatoms. The largest absolute Gasteiger partial charge is 0.822 e. The van der Waals surface area contributed by atoms with E-state index in [0.29, 0.717) is 10.6 Å². The van der Waals surface area contributed by atoms with Gasteiger partial charge in [0.15, 0.2) is 18.1 Å². The molecule has 4 aromatic rings. The van der Waals surface area contributed by atoms with Gasteiger partial charge < -0.3 is 5.11 Å². The van der Waals surface area contributed by atoms with E-state index < -0.39 is 0 Å². The van der Waals surface area contributed by atoms with Crippen molar-refractivity contribution in [2.75, 3.05) is 0 Å². The molecule has 33 heavy (non-hydrogen) atoms. The Morgan fingerprint density at radius 1 is 0.727 bits per heavy atom. The first-order chi connectivity index (χ1) is 16.2. The lowest BCUT2D eigenvalue weighted by molar-refractivity contribution is -0.544. The molecule has 0 fully saturated rings. The first-order valence-corrected chi connectivity index (χ1v) is 11.1. The molecule has 0 saturated heterocycles. The van der Waals surface area contributed by atoms with Crippen LogP contribution in [0.1, 0.15) is 16.7 Å². The highest BCUT2D eigenvalue weighted by atomic mass is 35.5. The van der Waals surface area contributed by atoms with E-state index in [-0.39, 0.29) is 11.9 Å². The van der Waals surface area contributed by atoms with Crippen LogP contribution in [0, 0.1) is 0 Å². The molecule has 0 N–H and O–H groups in total. The summed E-state index contributed by atoms with van der Waals surface area (Å²) in [6.07, 6.45) is 1.89. The Kier molecular flexibility index (Phi) is 5.88. The fourth-order valence-electron chi connectivity index (χ4n) is 3.83. The van der Waals surface area contributed by atoms with Gasteiger partial charge in [0, 0.05) is 22.7 Å². The third kappa shape index (κ3) is 4.64. The van der Waals surface area contributed by atoms with E-state index in [2.05, 4.69) is 4.99 Å². The fourth-order valence-corrected chi connectivity index (χ4v) is 3.95. The summed E-state index contributed by atoms with van der Waals surface area (Å²) in [6.45, 7) is 0. The third-order valence-electron chi connectivity index (χ3n) is 5.51. The van der Waals surface area contributed by atoms with Crippen molar-refractivity contribution in [2.45, 2.75) is 6.04 Å². The number of hydrogen-bond donors (Lipinski definition) is 0. The van der Waals surface area contributed by atoms with Crippen molar-refractivity contribution in [1.82, 2.24) is 0 Å². The molecule has 5 rings (SSSR count). The second-order valence-corrected chi connectivity index (χ2v) is 8.17. The van der Waals surface area contributed by atoms with E-state index in [1.165, 1.54) is 0 Å². The van der Waals surface area contributed by atoms with Gasteiger partial charge in [0.1, 0.15) is 0 Å². The van der Waals surface area contributed by atoms with Gasteiger partial charge in [-0.25, -0.2) is 0 Å². The summed E-state index contributed by atoms with van der Waals surface area (Å²) < 4.78 is 1.69. The lowest BCUT2D eigenvalue weighted by Gasteiger charge is -2.17. The van der Waals surface area contributed by atoms with Crippen LogP contribution in [-0.2, 0) is 0 Å². The minimum atomic E-state index is -0.153. The summed E-state index contributed by atoms with van der Waals surface area (Å²) >= 11 is 6.13. The van der Waals surface area contributed by atoms with Crippen LogP contribution in [0.4, 0.5) is 5.69 Å². The van der Waals surface area contributed by atoms with Gasteiger partial charge in [-0.2, -0.15) is 4.58 Å². The Bertz CT molecular complexity index is 1300. The Labute approximate surface area is 198 Å². The first kappa shape index (κ1) is 20.9. The average molecular weight is 449 g/mol. The summed E-state index contributed by atoms with van der Waals surface area (Å²) in [5.41, 5.74) is 5.13. The Morgan fingerprint density at radius 2 is 1.24 bits per heavy atom. The Hall–Kier alpha value is -3.95. The molecule has 1 heterocycles. The maximum absolute atomic E-state index is 14.1. The lowest BCUT2D eigenvalue weighted by atomic mass is 9.98. The zero-order chi connectivity index (χ0) is 22.6. The van der Waals surface area contributed by atoms with Crippen molar-refractivity contribution < 1.29 is 9.68 Å². The van der Waals surface area contributed by atoms with Crippen molar-refractivity contribution >= 4 is 34.8 Å². The van der Waals surface area contributed by atoms with Crippen molar-refractivity contribution in [3.63, 3.8) is 0 Å². The number of nitrogens with zero attached hydrogens (tertiary/aromatic N) is 2. The van der Waals surface area contributed by atoms with E-state index in [1.54, 1.807) is 16.7 Å². The van der Waals surface area contributed by atoms with E-state index >= 15 is 0 Å². The number of aliphatic imine (C=N–C) groups is 1. The molecule has 0 amide bonds. The van der Waals surface area contributed by atoms with Crippen LogP contribution in [-0.4, -0.2) is 22.5 Å². The SMILES string of the molecule is [O-]C(=C(c1ccccc1)c1ccccc1)/[N+](=C/C1N=C1c1ccccc1)c1ccc(Cl)cc1. The van der Waals surface area contributed by atoms with Crippen molar-refractivity contribution in [3.05, 3.63) is 143 Å². The quantitative estimate of drug-likeness (QED) is 0.212. The van der Waals surface area contributed by atoms with Crippen LogP contribution in [0.25, 0.3) is 5.57 Å². The maximum Gasteiger partial charge on any atom is 0.210 e. The van der Waals surface area contributed by atoms with E-state index in [1.807, 2.05) is 109 Å². The average Bonchev–Trinajstić information content (AvgIpc) is 3.65. The minimum Gasteiger partial charge on any atom is -0.822 e. The summed E-state index contributed by atoms with van der Waals surface area (Å²) in [5.74, 6) is -0.121. The molecular formula is C29H21ClN2O. The van der Waals surface area contributed by atoms with E-state index in [0.717, 1.165) is 28.1 Å². The van der Waals surface area contributed by atoms with Crippen LogP contribution in [0.3, 0.4) is 0 Å². The van der Waals surface area contributed by atoms with Gasteiger partial charge in [0.2, 0.25) is 5.69 Å². The van der Waals surface area contributed by atoms with Crippen molar-refractivity contribution in [1.29, 1.82) is 0 Å². The predicted molar refractivity (Wildman–Crippen MR) is 133 cm³/mol. The molecular weight excluding hydrogens is 428 g/mol. The molecule has 0 radical (unpaired) electrons. The Morgan fingerprint density at radius 3 is 1.79 bits per heavy atom. The van der Waals surface area contributed by atoms with Crippen LogP contribution >= 0.6 is 11.6 Å². The maximum atomic E-state index is 14.1. The standard InChI is InChI=1S/C29H21ClN2O/c30-24-16-18-25(19-17-24)32(20-26-28(31-26)23-14-8-3-9-15-23)29(33)27(21-10-4-1-5-11-21)22-12-6-2-7-13-22/h1-20,26H/b32-20+. The molecule has 4 aromatic carbocycles. The van der Waals surface area contributed by atoms with Crippen molar-refractivity contribution in [3.8, 4) is 0 Å². The smallest absolute Gasteiger partial charge is 0.210 e. The summed E-state index contributed by atoms with van der Waals surface area (Å²) in [6, 6.07) is 36.7. The molecule has 0 saturated carbocycles. The van der Waals surface area contributed by atoms with Crippen molar-refractivity contribution in [2.24, 2.45) is 4.99 Å². The number of benzene rings is 4. The van der Waals surface area contributed by atoms with Crippen LogP contribution < -0.4 is 5.11 Å². The molecule has 1 atom stereocenters. The summed E-state index contributed by atoms with van der Waals surface area (Å²) in [7, 11) is 0. The van der Waals surface area contributed by atoms with Crippen LogP contribution in [0.2, 0.25) is 5.02 Å². The molecule has 3 nitrogen and oxygen atoms in total. The van der Waals surface area contributed by atoms with E-state index in [9.17, 15) is 5.11 Å². The normalized spacial score (nSPS) is 15.0. The predicted octanol–water partition coefficient (Wildman–Crippen LogP) is 5.70. The number of hydrogen-bond acceptors (Lipinski definition) is 2. The van der Waals surface area contributed by atoms with Gasteiger partial charge in [0.25, 0.3) is 0 Å². The first-order valence-electron chi connectivity index (χ1n) is 10.8. The second kappa shape index (κ2) is 9.27. The Balaban J connectivity index is 1.65. The van der Waals surface area contributed by atoms with Gasteiger partial charge >= 0.3 is 0 Å². The second-order valence-electron chi connectivity index (χ2n) is 7.73. The molecule has 0 aromatic heterocycles. The summed E-state index contributed by atoms with van der Waals surface area (Å²) in [5, 5.41) is 14.7. The van der Waals surface area contributed by atoms with Crippen LogP contribution in [0.5, 0.6) is 0 Å². The van der Waals surface area contributed by atoms with Crippen LogP contribution in [0.15, 0.2) is 126 Å². The van der Waals surface area contributed by atoms with Gasteiger partial charge in [-0.05, 0) is 28.8 Å². The molecule has 0 spiro atoms. The molecule has 160 valence electrons. The third-order valence-corrected chi connectivity index (χ3v) is 5.76. The molecule has 0 aliphatic carbocycles. The zero-order valence-corrected chi connectivity index (χ0v) is 18.6. The van der Waals surface area contributed by atoms with Gasteiger partial charge in [-0.3, -0.25) is 4.99 Å². The summed E-state index contributed by atoms with van der Waals surface area (Å²) in [4.78, 5) is 4.63. The minimum absolute atomic E-state index is 0.121. The highest BCUT2D eigenvalue weighted by molar-refractivity contribution is 6.30.